The molecule has 0 aliphatic carbocycles. The molecule has 1 aliphatic heterocycles. The summed E-state index contributed by atoms with van der Waals surface area (Å²) in [5.74, 6) is -1.03. The molecule has 1 aromatic rings. The average molecular weight is 306 g/mol. The van der Waals surface area contributed by atoms with Crippen molar-refractivity contribution >= 4 is 11.9 Å². The van der Waals surface area contributed by atoms with Crippen LogP contribution in [0.3, 0.4) is 0 Å². The summed E-state index contributed by atoms with van der Waals surface area (Å²) in [7, 11) is 1.49. The summed E-state index contributed by atoms with van der Waals surface area (Å²) in [6.07, 6.45) is 2.67. The van der Waals surface area contributed by atoms with Crippen molar-refractivity contribution in [1.29, 1.82) is 0 Å². The van der Waals surface area contributed by atoms with Crippen LogP contribution in [-0.2, 0) is 22.6 Å². The quantitative estimate of drug-likeness (QED) is 0.619. The van der Waals surface area contributed by atoms with Crippen LogP contribution in [0.1, 0.15) is 41.3 Å². The molecule has 0 atom stereocenters. The fraction of sp³-hybridized carbons (Fsp3) is 0.375. The van der Waals surface area contributed by atoms with E-state index in [2.05, 4.69) is 0 Å². The number of methoxy groups -OCH3 is 1. The van der Waals surface area contributed by atoms with E-state index in [-0.39, 0.29) is 24.3 Å². The highest BCUT2D eigenvalue weighted by Gasteiger charge is 2.29. The van der Waals surface area contributed by atoms with E-state index >= 15 is 0 Å². The second-order valence-electron chi connectivity index (χ2n) is 5.16. The summed E-state index contributed by atoms with van der Waals surface area (Å²) in [4.78, 5) is 22.2. The van der Waals surface area contributed by atoms with Gasteiger partial charge in [0.25, 0.3) is 0 Å². The lowest BCUT2D eigenvalue weighted by molar-refractivity contribution is -0.136. The monoisotopic (exact) mass is 306 g/mol. The average Bonchev–Trinajstić information content (AvgIpc) is 2.85. The fourth-order valence-electron chi connectivity index (χ4n) is 2.36. The van der Waals surface area contributed by atoms with Gasteiger partial charge in [0.1, 0.15) is 23.7 Å². The van der Waals surface area contributed by atoms with Crippen molar-refractivity contribution in [3.8, 4) is 11.5 Å². The van der Waals surface area contributed by atoms with Gasteiger partial charge in [0.2, 0.25) is 0 Å². The second-order valence-corrected chi connectivity index (χ2v) is 5.16. The third kappa shape index (κ3) is 3.21. The largest absolute Gasteiger partial charge is 0.507 e. The van der Waals surface area contributed by atoms with Crippen LogP contribution in [0.4, 0.5) is 0 Å². The molecular formula is C16H18O6. The van der Waals surface area contributed by atoms with Gasteiger partial charge in [-0.1, -0.05) is 11.6 Å². The molecule has 0 saturated carbocycles. The van der Waals surface area contributed by atoms with Crippen LogP contribution < -0.4 is 4.74 Å². The molecule has 0 bridgehead atoms. The summed E-state index contributed by atoms with van der Waals surface area (Å²) in [6, 6.07) is 1.69. The number of carboxylic acids is 1. The lowest BCUT2D eigenvalue weighted by Crippen LogP contribution is -2.00. The summed E-state index contributed by atoms with van der Waals surface area (Å²) in [5.41, 5.74) is 2.18. The van der Waals surface area contributed by atoms with Gasteiger partial charge < -0.3 is 19.7 Å². The molecule has 0 radical (unpaired) electrons. The van der Waals surface area contributed by atoms with Crippen molar-refractivity contribution in [3.63, 3.8) is 0 Å². The van der Waals surface area contributed by atoms with Gasteiger partial charge in [-0.3, -0.25) is 4.79 Å². The number of ether oxygens (including phenoxy) is 2. The molecule has 6 heteroatoms. The van der Waals surface area contributed by atoms with Crippen LogP contribution in [0.15, 0.2) is 17.7 Å². The molecule has 118 valence electrons. The molecular weight excluding hydrogens is 288 g/mol. The van der Waals surface area contributed by atoms with Gasteiger partial charge in [0.15, 0.2) is 0 Å². The van der Waals surface area contributed by atoms with Crippen molar-refractivity contribution in [1.82, 2.24) is 0 Å². The van der Waals surface area contributed by atoms with Crippen LogP contribution in [0.2, 0.25) is 0 Å². The van der Waals surface area contributed by atoms with E-state index in [0.29, 0.717) is 29.7 Å². The molecule has 2 N–H and O–H groups in total. The first-order valence-corrected chi connectivity index (χ1v) is 6.90. The van der Waals surface area contributed by atoms with Gasteiger partial charge >= 0.3 is 11.9 Å². The minimum absolute atomic E-state index is 0.0575. The first kappa shape index (κ1) is 15.9. The Morgan fingerprint density at radius 1 is 1.45 bits per heavy atom. The number of esters is 1. The van der Waals surface area contributed by atoms with E-state index in [1.54, 1.807) is 6.07 Å². The zero-order chi connectivity index (χ0) is 16.3. The third-order valence-corrected chi connectivity index (χ3v) is 3.62. The molecule has 1 aromatic carbocycles. The van der Waals surface area contributed by atoms with Crippen molar-refractivity contribution in [3.05, 3.63) is 34.4 Å². The smallest absolute Gasteiger partial charge is 0.342 e. The normalized spacial score (nSPS) is 13.7. The number of hydrogen-bond donors (Lipinski definition) is 2. The van der Waals surface area contributed by atoms with Crippen molar-refractivity contribution in [2.24, 2.45) is 0 Å². The van der Waals surface area contributed by atoms with Crippen molar-refractivity contribution < 1.29 is 29.3 Å². The van der Waals surface area contributed by atoms with E-state index in [1.165, 1.54) is 7.11 Å². The van der Waals surface area contributed by atoms with Crippen LogP contribution in [0, 0.1) is 0 Å². The molecule has 0 unspecified atom stereocenters. The molecule has 22 heavy (non-hydrogen) atoms. The second kappa shape index (κ2) is 6.51. The van der Waals surface area contributed by atoms with Crippen LogP contribution >= 0.6 is 0 Å². The predicted octanol–water partition coefficient (Wildman–Crippen LogP) is 2.42. The summed E-state index contributed by atoms with van der Waals surface area (Å²) in [6.45, 7) is 1.96. The molecule has 2 rings (SSSR count). The van der Waals surface area contributed by atoms with Gasteiger partial charge in [0, 0.05) is 17.5 Å². The minimum Gasteiger partial charge on any atom is -0.507 e. The zero-order valence-electron chi connectivity index (χ0n) is 12.5. The van der Waals surface area contributed by atoms with E-state index < -0.39 is 11.9 Å². The fourth-order valence-corrected chi connectivity index (χ4v) is 2.36. The Bertz CT molecular complexity index is 645. The van der Waals surface area contributed by atoms with Crippen LogP contribution in [0.25, 0.3) is 0 Å². The number of phenolic OH excluding ortho intramolecular Hbond substituents is 1. The van der Waals surface area contributed by atoms with Gasteiger partial charge in [-0.25, -0.2) is 4.79 Å². The van der Waals surface area contributed by atoms with Gasteiger partial charge in [-0.2, -0.15) is 0 Å². The number of allylic oxidation sites excluding steroid dienone is 2. The number of fused-ring (bicyclic) bond motifs is 1. The molecule has 0 spiro atoms. The van der Waals surface area contributed by atoms with Crippen molar-refractivity contribution in [2.75, 3.05) is 7.11 Å². The highest BCUT2D eigenvalue weighted by atomic mass is 16.5. The number of benzene rings is 1. The highest BCUT2D eigenvalue weighted by molar-refractivity contribution is 5.97. The highest BCUT2D eigenvalue weighted by Crippen LogP contribution is 2.38. The SMILES string of the molecule is COc1cc2c(c(O)c1C/C=C(\C)CCC(=O)O)C(=O)OC2. The maximum Gasteiger partial charge on any atom is 0.342 e. The lowest BCUT2D eigenvalue weighted by atomic mass is 9.99. The number of cyclic esters (lactones) is 1. The van der Waals surface area contributed by atoms with Crippen LogP contribution in [0.5, 0.6) is 11.5 Å². The third-order valence-electron chi connectivity index (χ3n) is 3.62. The standard InChI is InChI=1S/C16H18O6/c1-9(4-6-13(17)18)3-5-11-12(21-2)7-10-8-22-16(20)14(10)15(11)19/h3,7,19H,4-6,8H2,1-2H3,(H,17,18)/b9-3+. The van der Waals surface area contributed by atoms with Gasteiger partial charge in [-0.15, -0.1) is 0 Å². The Hall–Kier alpha value is -2.50. The summed E-state index contributed by atoms with van der Waals surface area (Å²) >= 11 is 0. The van der Waals surface area contributed by atoms with E-state index in [0.717, 1.165) is 5.57 Å². The Kier molecular flexibility index (Phi) is 4.70. The molecule has 0 amide bonds. The molecule has 0 saturated heterocycles. The Balaban J connectivity index is 2.27. The number of aromatic hydroxyl groups is 1. The Morgan fingerprint density at radius 2 is 2.18 bits per heavy atom. The number of aliphatic carboxylic acids is 1. The number of rotatable bonds is 6. The molecule has 0 aromatic heterocycles. The van der Waals surface area contributed by atoms with Crippen LogP contribution in [-0.4, -0.2) is 29.3 Å². The van der Waals surface area contributed by atoms with E-state index in [4.69, 9.17) is 14.6 Å². The lowest BCUT2D eigenvalue weighted by Gasteiger charge is -2.12. The number of hydrogen-bond acceptors (Lipinski definition) is 5. The van der Waals surface area contributed by atoms with Gasteiger partial charge in [0.05, 0.1) is 7.11 Å². The maximum absolute atomic E-state index is 11.7. The summed E-state index contributed by atoms with van der Waals surface area (Å²) < 4.78 is 10.2. The Labute approximate surface area is 128 Å². The van der Waals surface area contributed by atoms with Crippen molar-refractivity contribution in [2.45, 2.75) is 32.8 Å². The number of carbonyl (C=O) groups excluding carboxylic acids is 1. The molecule has 6 nitrogen and oxygen atoms in total. The molecule has 0 fully saturated rings. The zero-order valence-corrected chi connectivity index (χ0v) is 12.5. The summed E-state index contributed by atoms with van der Waals surface area (Å²) in [5, 5.41) is 19.0. The first-order chi connectivity index (χ1) is 10.4. The van der Waals surface area contributed by atoms with E-state index in [9.17, 15) is 14.7 Å². The molecule has 1 heterocycles. The van der Waals surface area contributed by atoms with E-state index in [1.807, 2.05) is 13.0 Å². The maximum atomic E-state index is 11.7. The molecule has 1 aliphatic rings. The number of carbonyl (C=O) groups is 2. The Morgan fingerprint density at radius 3 is 2.82 bits per heavy atom. The predicted molar refractivity (Wildman–Crippen MR) is 78.1 cm³/mol. The minimum atomic E-state index is -0.853. The first-order valence-electron chi connectivity index (χ1n) is 6.90. The topological polar surface area (TPSA) is 93.1 Å². The number of carboxylic acid groups (broad SMARTS) is 1. The van der Waals surface area contributed by atoms with Gasteiger partial charge in [-0.05, 0) is 25.8 Å². The number of phenols is 1.